The quantitative estimate of drug-likeness (QED) is 0.665. The SMILES string of the molecule is Brc1nccs1.N. The molecule has 3 N–H and O–H groups in total. The van der Waals surface area contributed by atoms with Crippen LogP contribution in [0.4, 0.5) is 0 Å². The molecule has 0 unspecified atom stereocenters. The van der Waals surface area contributed by atoms with Gasteiger partial charge in [0.05, 0.1) is 0 Å². The van der Waals surface area contributed by atoms with Crippen molar-refractivity contribution < 1.29 is 0 Å². The van der Waals surface area contributed by atoms with Crippen LogP contribution in [0.25, 0.3) is 0 Å². The Labute approximate surface area is 54.3 Å². The van der Waals surface area contributed by atoms with Crippen LogP contribution in [-0.2, 0) is 0 Å². The number of hydrogen-bond donors (Lipinski definition) is 1. The lowest BCUT2D eigenvalue weighted by molar-refractivity contribution is 1.38. The molecule has 4 heteroatoms. The molecule has 1 heterocycles. The predicted octanol–water partition coefficient (Wildman–Crippen LogP) is 2.07. The van der Waals surface area contributed by atoms with Crippen molar-refractivity contribution in [1.29, 1.82) is 0 Å². The minimum atomic E-state index is 0. The molecule has 1 rings (SSSR count). The maximum Gasteiger partial charge on any atom is 0.159 e. The standard InChI is InChI=1S/C3H2BrNS.H3N/c4-3-5-1-2-6-3;/h1-2H;1H3. The Hall–Kier alpha value is 0.0700. The van der Waals surface area contributed by atoms with E-state index in [9.17, 15) is 0 Å². The van der Waals surface area contributed by atoms with Crippen molar-refractivity contribution >= 4 is 27.3 Å². The first-order chi connectivity index (χ1) is 2.89. The van der Waals surface area contributed by atoms with E-state index in [1.54, 1.807) is 17.5 Å². The van der Waals surface area contributed by atoms with Crippen molar-refractivity contribution in [3.63, 3.8) is 0 Å². The third-order valence-electron chi connectivity index (χ3n) is 0.402. The summed E-state index contributed by atoms with van der Waals surface area (Å²) in [5, 5.41) is 1.92. The molecule has 0 aliphatic heterocycles. The highest BCUT2D eigenvalue weighted by molar-refractivity contribution is 9.11. The highest BCUT2D eigenvalue weighted by atomic mass is 79.9. The Morgan fingerprint density at radius 1 is 1.71 bits per heavy atom. The fourth-order valence-electron chi connectivity index (χ4n) is 0.206. The Kier molecular flexibility index (Phi) is 3.15. The van der Waals surface area contributed by atoms with Gasteiger partial charge in [0.2, 0.25) is 0 Å². The van der Waals surface area contributed by atoms with Gasteiger partial charge in [0.15, 0.2) is 3.92 Å². The molecular weight excluding hydrogens is 176 g/mol. The molecule has 0 bridgehead atoms. The van der Waals surface area contributed by atoms with Gasteiger partial charge in [-0.1, -0.05) is 0 Å². The van der Waals surface area contributed by atoms with Gasteiger partial charge >= 0.3 is 0 Å². The zero-order valence-electron chi connectivity index (χ0n) is 3.60. The molecular formula is C3H5BrN2S. The molecule has 7 heavy (non-hydrogen) atoms. The molecule has 0 aliphatic carbocycles. The van der Waals surface area contributed by atoms with Crippen LogP contribution in [0.1, 0.15) is 0 Å². The van der Waals surface area contributed by atoms with Crippen molar-refractivity contribution in [2.75, 3.05) is 0 Å². The van der Waals surface area contributed by atoms with Gasteiger partial charge < -0.3 is 6.15 Å². The van der Waals surface area contributed by atoms with Crippen molar-refractivity contribution in [1.82, 2.24) is 11.1 Å². The molecule has 40 valence electrons. The summed E-state index contributed by atoms with van der Waals surface area (Å²) in [7, 11) is 0. The molecule has 0 atom stereocenters. The molecule has 0 spiro atoms. The normalized spacial score (nSPS) is 7.57. The van der Waals surface area contributed by atoms with Crippen LogP contribution in [0.3, 0.4) is 0 Å². The summed E-state index contributed by atoms with van der Waals surface area (Å²) in [5.74, 6) is 0. The molecule has 0 saturated heterocycles. The van der Waals surface area contributed by atoms with E-state index in [0.29, 0.717) is 0 Å². The second-order valence-electron chi connectivity index (χ2n) is 0.785. The van der Waals surface area contributed by atoms with Crippen LogP contribution in [0.5, 0.6) is 0 Å². The number of nitrogens with zero attached hydrogens (tertiary/aromatic N) is 1. The molecule has 0 saturated carbocycles. The topological polar surface area (TPSA) is 47.9 Å². The number of halogens is 1. The lowest BCUT2D eigenvalue weighted by atomic mass is 11.0. The Morgan fingerprint density at radius 2 is 2.43 bits per heavy atom. The van der Waals surface area contributed by atoms with Crippen molar-refractivity contribution in [2.24, 2.45) is 0 Å². The fourth-order valence-corrected chi connectivity index (χ4v) is 1.00. The third-order valence-corrected chi connectivity index (χ3v) is 1.73. The monoisotopic (exact) mass is 180 g/mol. The Morgan fingerprint density at radius 3 is 2.57 bits per heavy atom. The van der Waals surface area contributed by atoms with E-state index in [-0.39, 0.29) is 6.15 Å². The zero-order valence-corrected chi connectivity index (χ0v) is 6.00. The van der Waals surface area contributed by atoms with E-state index in [1.165, 1.54) is 0 Å². The van der Waals surface area contributed by atoms with Gasteiger partial charge in [-0.15, -0.1) is 11.3 Å². The maximum atomic E-state index is 3.85. The van der Waals surface area contributed by atoms with E-state index < -0.39 is 0 Å². The average molecular weight is 181 g/mol. The van der Waals surface area contributed by atoms with E-state index in [1.807, 2.05) is 5.38 Å². The third kappa shape index (κ3) is 2.01. The lowest BCUT2D eigenvalue weighted by Crippen LogP contribution is -1.47. The number of rotatable bonds is 0. The second-order valence-corrected chi connectivity index (χ2v) is 2.96. The van der Waals surface area contributed by atoms with Gasteiger partial charge in [0.25, 0.3) is 0 Å². The number of hydrogen-bond acceptors (Lipinski definition) is 3. The van der Waals surface area contributed by atoms with Gasteiger partial charge in [-0.25, -0.2) is 4.98 Å². The molecule has 2 nitrogen and oxygen atoms in total. The smallest absolute Gasteiger partial charge is 0.159 e. The minimum absolute atomic E-state index is 0. The van der Waals surface area contributed by atoms with Gasteiger partial charge in [0, 0.05) is 11.6 Å². The largest absolute Gasteiger partial charge is 0.344 e. The summed E-state index contributed by atoms with van der Waals surface area (Å²) in [4.78, 5) is 3.85. The van der Waals surface area contributed by atoms with Gasteiger partial charge in [-0.2, -0.15) is 0 Å². The summed E-state index contributed by atoms with van der Waals surface area (Å²) < 4.78 is 0.947. The van der Waals surface area contributed by atoms with Crippen LogP contribution < -0.4 is 6.15 Å². The zero-order chi connectivity index (χ0) is 4.41. The first-order valence-corrected chi connectivity index (χ1v) is 3.12. The molecule has 0 aliphatic rings. The van der Waals surface area contributed by atoms with E-state index in [0.717, 1.165) is 3.92 Å². The molecule has 0 fully saturated rings. The molecule has 0 aromatic carbocycles. The molecule has 1 aromatic rings. The second kappa shape index (κ2) is 3.12. The Bertz CT molecular complexity index is 116. The van der Waals surface area contributed by atoms with Crippen LogP contribution in [0, 0.1) is 0 Å². The summed E-state index contributed by atoms with van der Waals surface area (Å²) in [6, 6.07) is 0. The summed E-state index contributed by atoms with van der Waals surface area (Å²) in [6.07, 6.45) is 1.76. The first-order valence-electron chi connectivity index (χ1n) is 1.44. The maximum absolute atomic E-state index is 3.85. The number of thiazole rings is 1. The van der Waals surface area contributed by atoms with Gasteiger partial charge in [0.1, 0.15) is 0 Å². The summed E-state index contributed by atoms with van der Waals surface area (Å²) in [6.45, 7) is 0. The van der Waals surface area contributed by atoms with Crippen LogP contribution >= 0.6 is 27.3 Å². The molecule has 0 radical (unpaired) electrons. The predicted molar refractivity (Wildman–Crippen MR) is 34.8 cm³/mol. The van der Waals surface area contributed by atoms with Crippen molar-refractivity contribution in [3.05, 3.63) is 15.5 Å². The van der Waals surface area contributed by atoms with Crippen LogP contribution in [-0.4, -0.2) is 4.98 Å². The molecule has 1 aromatic heterocycles. The van der Waals surface area contributed by atoms with Gasteiger partial charge in [-0.05, 0) is 15.9 Å². The fraction of sp³-hybridized carbons (Fsp3) is 0. The van der Waals surface area contributed by atoms with E-state index in [2.05, 4.69) is 20.9 Å². The van der Waals surface area contributed by atoms with Crippen LogP contribution in [0.2, 0.25) is 0 Å². The highest BCUT2D eigenvalue weighted by Gasteiger charge is 1.79. The van der Waals surface area contributed by atoms with E-state index in [4.69, 9.17) is 0 Å². The first kappa shape index (κ1) is 7.07. The van der Waals surface area contributed by atoms with Gasteiger partial charge in [-0.3, -0.25) is 0 Å². The average Bonchev–Trinajstić information content (AvgIpc) is 1.86. The summed E-state index contributed by atoms with van der Waals surface area (Å²) in [5.41, 5.74) is 0. The van der Waals surface area contributed by atoms with Crippen LogP contribution in [0.15, 0.2) is 15.5 Å². The number of aromatic nitrogens is 1. The Balaban J connectivity index is 0.000000360. The van der Waals surface area contributed by atoms with E-state index >= 15 is 0 Å². The van der Waals surface area contributed by atoms with Crippen molar-refractivity contribution in [3.8, 4) is 0 Å². The minimum Gasteiger partial charge on any atom is -0.344 e. The lowest BCUT2D eigenvalue weighted by Gasteiger charge is -1.61. The molecule has 0 amide bonds. The highest BCUT2D eigenvalue weighted by Crippen LogP contribution is 2.10. The van der Waals surface area contributed by atoms with Crippen molar-refractivity contribution in [2.45, 2.75) is 0 Å². The summed E-state index contributed by atoms with van der Waals surface area (Å²) >= 11 is 4.77.